The van der Waals surface area contributed by atoms with Crippen molar-refractivity contribution in [2.24, 2.45) is 0 Å². The standard InChI is InChI=1S/2Ni.Pd.2Ti.Zr. The first-order valence-electron chi connectivity index (χ1n) is 0. The molecule has 42 valence electrons. The van der Waals surface area contributed by atoms with Crippen LogP contribution in [0.2, 0.25) is 0 Å². The summed E-state index contributed by atoms with van der Waals surface area (Å²) < 4.78 is 0. The van der Waals surface area contributed by atoms with E-state index in [0.29, 0.717) is 0 Å². The average molecular weight is 411 g/mol. The van der Waals surface area contributed by atoms with Gasteiger partial charge in [0.15, 0.2) is 0 Å². The first-order chi connectivity index (χ1) is 0. The van der Waals surface area contributed by atoms with Crippen LogP contribution in [0.3, 0.4) is 0 Å². The molecule has 0 unspecified atom stereocenters. The summed E-state index contributed by atoms with van der Waals surface area (Å²) in [6.07, 6.45) is 0. The van der Waals surface area contributed by atoms with Gasteiger partial charge in [-0.05, 0) is 0 Å². The first kappa shape index (κ1) is 51.0. The van der Waals surface area contributed by atoms with Gasteiger partial charge in [-0.3, -0.25) is 0 Å². The molecule has 0 aromatic rings. The maximum absolute atomic E-state index is 0. The van der Waals surface area contributed by atoms with Crippen LogP contribution in [0.25, 0.3) is 0 Å². The van der Waals surface area contributed by atoms with Gasteiger partial charge in [0, 0.05) is 123 Å². The van der Waals surface area contributed by atoms with Crippen LogP contribution in [0.5, 0.6) is 0 Å². The summed E-state index contributed by atoms with van der Waals surface area (Å²) in [5.74, 6) is 0. The van der Waals surface area contributed by atoms with E-state index in [2.05, 4.69) is 0 Å². The topological polar surface area (TPSA) is 0 Å². The second kappa shape index (κ2) is 36.2. The van der Waals surface area contributed by atoms with Crippen molar-refractivity contribution in [2.45, 2.75) is 0 Å². The van der Waals surface area contributed by atoms with E-state index in [-0.39, 0.29) is 123 Å². The van der Waals surface area contributed by atoms with Crippen LogP contribution in [0, 0.1) is 0 Å². The second-order valence-corrected chi connectivity index (χ2v) is 0. The number of rotatable bonds is 0. The molecule has 0 saturated carbocycles. The monoisotopic (exact) mass is 408 g/mol. The Morgan fingerprint density at radius 3 is 0.667 bits per heavy atom. The smallest absolute Gasteiger partial charge is 0 e. The molecule has 0 aliphatic rings. The minimum atomic E-state index is 0. The molecular weight excluding hydrogens is 411 g/mol. The zero-order chi connectivity index (χ0) is 0. The Balaban J connectivity index is 0. The predicted octanol–water partition coefficient (Wildman–Crippen LogP) is -0.0150. The Kier molecular flexibility index (Phi) is 308. The Hall–Kier alpha value is 3.96. The molecule has 0 radical (unpaired) electrons. The largest absolute Gasteiger partial charge is 0 e. The molecular formula is Ni2PdTi2Zr. The van der Waals surface area contributed by atoms with E-state index in [1.54, 1.807) is 0 Å². The fourth-order valence-corrected chi connectivity index (χ4v) is 0. The first-order valence-corrected chi connectivity index (χ1v) is 0. The van der Waals surface area contributed by atoms with Crippen molar-refractivity contribution in [1.29, 1.82) is 0 Å². The van der Waals surface area contributed by atoms with Crippen molar-refractivity contribution < 1.29 is 123 Å². The molecule has 0 aliphatic heterocycles. The quantitative estimate of drug-likeness (QED) is 0.493. The van der Waals surface area contributed by atoms with Crippen molar-refractivity contribution in [3.63, 3.8) is 0 Å². The molecule has 6 heteroatoms. The van der Waals surface area contributed by atoms with Crippen LogP contribution in [0.15, 0.2) is 0 Å². The summed E-state index contributed by atoms with van der Waals surface area (Å²) in [7, 11) is 0. The summed E-state index contributed by atoms with van der Waals surface area (Å²) in [5, 5.41) is 0. The molecule has 0 spiro atoms. The van der Waals surface area contributed by atoms with Crippen LogP contribution in [-0.2, 0) is 123 Å². The van der Waals surface area contributed by atoms with Crippen LogP contribution >= 0.6 is 0 Å². The molecule has 0 fully saturated rings. The predicted molar refractivity (Wildman–Crippen MR) is 0 cm³/mol. The molecule has 0 saturated heterocycles. The summed E-state index contributed by atoms with van der Waals surface area (Å²) in [5.41, 5.74) is 0. The number of hydrogen-bond acceptors (Lipinski definition) is 0. The Bertz CT molecular complexity index is 11.5. The van der Waals surface area contributed by atoms with Gasteiger partial charge in [-0.2, -0.15) is 0 Å². The fourth-order valence-electron chi connectivity index (χ4n) is 0. The van der Waals surface area contributed by atoms with Gasteiger partial charge in [-0.25, -0.2) is 0 Å². The summed E-state index contributed by atoms with van der Waals surface area (Å²) in [6, 6.07) is 0. The van der Waals surface area contributed by atoms with E-state index in [1.807, 2.05) is 0 Å². The molecule has 0 aliphatic carbocycles. The van der Waals surface area contributed by atoms with Crippen molar-refractivity contribution in [1.82, 2.24) is 0 Å². The third kappa shape index (κ3) is 24.6. The van der Waals surface area contributed by atoms with E-state index in [9.17, 15) is 0 Å². The zero-order valence-corrected chi connectivity index (χ0v) is 11.6. The zero-order valence-electron chi connectivity index (χ0n) is 2.45. The van der Waals surface area contributed by atoms with Gasteiger partial charge in [0.2, 0.25) is 0 Å². The van der Waals surface area contributed by atoms with Gasteiger partial charge in [-0.15, -0.1) is 0 Å². The summed E-state index contributed by atoms with van der Waals surface area (Å²) in [6.45, 7) is 0. The molecule has 0 aromatic carbocycles. The van der Waals surface area contributed by atoms with Crippen LogP contribution in [0.4, 0.5) is 0 Å². The minimum absolute atomic E-state index is 0. The Labute approximate surface area is 121 Å². The van der Waals surface area contributed by atoms with Gasteiger partial charge in [0.25, 0.3) is 0 Å². The van der Waals surface area contributed by atoms with Crippen molar-refractivity contribution in [2.75, 3.05) is 0 Å². The normalized spacial score (nSPS) is 0. The van der Waals surface area contributed by atoms with Crippen LogP contribution < -0.4 is 0 Å². The molecule has 0 rings (SSSR count). The van der Waals surface area contributed by atoms with Gasteiger partial charge in [0.1, 0.15) is 0 Å². The molecule has 0 nitrogen and oxygen atoms in total. The van der Waals surface area contributed by atoms with Gasteiger partial charge >= 0.3 is 0 Å². The maximum atomic E-state index is 0. The molecule has 0 bridgehead atoms. The van der Waals surface area contributed by atoms with Gasteiger partial charge < -0.3 is 0 Å². The second-order valence-electron chi connectivity index (χ2n) is 0. The van der Waals surface area contributed by atoms with E-state index in [4.69, 9.17) is 0 Å². The fraction of sp³-hybridized carbons (Fsp3) is 0. The maximum Gasteiger partial charge on any atom is 0 e. The summed E-state index contributed by atoms with van der Waals surface area (Å²) in [4.78, 5) is 0. The summed E-state index contributed by atoms with van der Waals surface area (Å²) >= 11 is 0. The molecule has 0 N–H and O–H groups in total. The van der Waals surface area contributed by atoms with Crippen LogP contribution in [0.1, 0.15) is 0 Å². The van der Waals surface area contributed by atoms with Gasteiger partial charge in [0.05, 0.1) is 0 Å². The molecule has 0 heterocycles. The average Bonchev–Trinajstić information content (AvgIpc) is 0. The molecule has 0 aromatic heterocycles. The SMILES string of the molecule is [Ni].[Ni].[Pd].[Ti].[Ti].[Zr]. The number of hydrogen-bond donors (Lipinski definition) is 0. The minimum Gasteiger partial charge on any atom is 0 e. The van der Waals surface area contributed by atoms with E-state index < -0.39 is 0 Å². The molecule has 0 amide bonds. The molecule has 0 atom stereocenters. The van der Waals surface area contributed by atoms with Crippen molar-refractivity contribution in [3.05, 3.63) is 0 Å². The van der Waals surface area contributed by atoms with E-state index in [0.717, 1.165) is 0 Å². The Morgan fingerprint density at radius 1 is 0.667 bits per heavy atom. The third-order valence-electron chi connectivity index (χ3n) is 0. The third-order valence-corrected chi connectivity index (χ3v) is 0. The molecule has 6 heavy (non-hydrogen) atoms. The van der Waals surface area contributed by atoms with Crippen molar-refractivity contribution >= 4 is 0 Å². The van der Waals surface area contributed by atoms with Crippen LogP contribution in [-0.4, -0.2) is 0 Å². The van der Waals surface area contributed by atoms with E-state index in [1.165, 1.54) is 0 Å². The van der Waals surface area contributed by atoms with E-state index >= 15 is 0 Å². The Morgan fingerprint density at radius 2 is 0.667 bits per heavy atom. The van der Waals surface area contributed by atoms with Gasteiger partial charge in [-0.1, -0.05) is 0 Å². The van der Waals surface area contributed by atoms with Crippen molar-refractivity contribution in [3.8, 4) is 0 Å².